The number of amides is 1. The number of nitrogens with zero attached hydrogens (tertiary/aromatic N) is 1. The molecule has 0 aromatic heterocycles. The Morgan fingerprint density at radius 2 is 1.74 bits per heavy atom. The maximum Gasteiger partial charge on any atom is 0.237 e. The third-order valence-corrected chi connectivity index (χ3v) is 3.79. The van der Waals surface area contributed by atoms with Gasteiger partial charge in [0.2, 0.25) is 5.91 Å². The molecule has 1 aromatic rings. The van der Waals surface area contributed by atoms with Crippen LogP contribution in [0.2, 0.25) is 0 Å². The van der Waals surface area contributed by atoms with Gasteiger partial charge in [-0.2, -0.15) is 0 Å². The summed E-state index contributed by atoms with van der Waals surface area (Å²) in [5.41, 5.74) is 8.20. The quantitative estimate of drug-likeness (QED) is 0.782. The van der Waals surface area contributed by atoms with Gasteiger partial charge in [-0.15, -0.1) is 24.8 Å². The third-order valence-electron chi connectivity index (χ3n) is 3.79. The molecule has 0 fully saturated rings. The number of hydrogen-bond donors (Lipinski definition) is 2. The molecule has 1 aromatic carbocycles. The topological polar surface area (TPSA) is 58.4 Å². The highest BCUT2D eigenvalue weighted by Gasteiger charge is 2.16. The molecule has 1 rings (SSSR count). The third kappa shape index (κ3) is 8.56. The lowest BCUT2D eigenvalue weighted by molar-refractivity contribution is -0.123. The molecule has 3 N–H and O–H groups in total. The fourth-order valence-electron chi connectivity index (χ4n) is 1.92. The van der Waals surface area contributed by atoms with E-state index in [0.717, 1.165) is 12.1 Å². The van der Waals surface area contributed by atoms with Crippen LogP contribution in [-0.4, -0.2) is 29.9 Å². The summed E-state index contributed by atoms with van der Waals surface area (Å²) in [5.74, 6) is 0.0609. The summed E-state index contributed by atoms with van der Waals surface area (Å²) in [5, 5.41) is 2.91. The molecule has 0 aliphatic rings. The van der Waals surface area contributed by atoms with Gasteiger partial charge in [0.05, 0.1) is 6.04 Å². The molecule has 0 aliphatic heterocycles. The minimum Gasteiger partial charge on any atom is -0.351 e. The van der Waals surface area contributed by atoms with E-state index in [-0.39, 0.29) is 36.6 Å². The molecule has 0 unspecified atom stereocenters. The molecule has 134 valence electrons. The van der Waals surface area contributed by atoms with Gasteiger partial charge in [0.25, 0.3) is 0 Å². The Morgan fingerprint density at radius 3 is 2.26 bits per heavy atom. The van der Waals surface area contributed by atoms with Gasteiger partial charge in [0.1, 0.15) is 0 Å². The van der Waals surface area contributed by atoms with Gasteiger partial charge in [0, 0.05) is 19.1 Å². The van der Waals surface area contributed by atoms with Gasteiger partial charge in [-0.05, 0) is 37.9 Å². The minimum absolute atomic E-state index is 0. The summed E-state index contributed by atoms with van der Waals surface area (Å²) < 4.78 is 0. The molecule has 6 heteroatoms. The van der Waals surface area contributed by atoms with Crippen molar-refractivity contribution in [3.05, 3.63) is 35.4 Å². The zero-order chi connectivity index (χ0) is 16.0. The average Bonchev–Trinajstić information content (AvgIpc) is 2.44. The maximum atomic E-state index is 11.9. The Morgan fingerprint density at radius 1 is 1.17 bits per heavy atom. The van der Waals surface area contributed by atoms with Gasteiger partial charge < -0.3 is 11.1 Å². The smallest absolute Gasteiger partial charge is 0.237 e. The number of hydrogen-bond acceptors (Lipinski definition) is 3. The predicted octanol–water partition coefficient (Wildman–Crippen LogP) is 2.97. The van der Waals surface area contributed by atoms with E-state index in [1.807, 2.05) is 26.0 Å². The molecule has 0 aliphatic carbocycles. The van der Waals surface area contributed by atoms with Crippen molar-refractivity contribution in [3.8, 4) is 0 Å². The van der Waals surface area contributed by atoms with Crippen molar-refractivity contribution in [2.75, 3.05) is 7.05 Å². The van der Waals surface area contributed by atoms with Gasteiger partial charge in [-0.3, -0.25) is 9.69 Å². The highest BCUT2D eigenvalue weighted by atomic mass is 35.5. The number of benzene rings is 1. The molecular formula is C17H31Cl2N3O. The van der Waals surface area contributed by atoms with Crippen molar-refractivity contribution in [1.29, 1.82) is 0 Å². The Hall–Kier alpha value is -0.810. The Labute approximate surface area is 153 Å². The van der Waals surface area contributed by atoms with Crippen LogP contribution in [0.5, 0.6) is 0 Å². The van der Waals surface area contributed by atoms with Crippen LogP contribution in [0.3, 0.4) is 0 Å². The fourth-order valence-corrected chi connectivity index (χ4v) is 1.92. The lowest BCUT2D eigenvalue weighted by atomic mass is 10.0. The van der Waals surface area contributed by atoms with E-state index in [9.17, 15) is 4.79 Å². The molecule has 1 atom stereocenters. The van der Waals surface area contributed by atoms with Crippen LogP contribution in [0.25, 0.3) is 0 Å². The number of rotatable bonds is 7. The van der Waals surface area contributed by atoms with E-state index < -0.39 is 6.04 Å². The molecule has 0 saturated heterocycles. The number of nitrogens with one attached hydrogen (secondary N) is 1. The van der Waals surface area contributed by atoms with Crippen LogP contribution >= 0.6 is 24.8 Å². The standard InChI is InChI=1S/C17H29N3O.2ClH/c1-12(2)16(18)17(21)19-10-14-7-6-8-15(9-14)11-20(5)13(3)4;;/h6-9,12-13,16H,10-11,18H2,1-5H3,(H,19,21);2*1H/t16-;;/m0../s1. The summed E-state index contributed by atoms with van der Waals surface area (Å²) in [7, 11) is 2.11. The van der Waals surface area contributed by atoms with Crippen molar-refractivity contribution >= 4 is 30.7 Å². The second kappa shape index (κ2) is 11.7. The predicted molar refractivity (Wildman–Crippen MR) is 102 cm³/mol. The zero-order valence-corrected chi connectivity index (χ0v) is 16.3. The van der Waals surface area contributed by atoms with Crippen molar-refractivity contribution in [2.24, 2.45) is 11.7 Å². The first kappa shape index (κ1) is 24.4. The Bertz CT molecular complexity index is 467. The molecule has 0 saturated carbocycles. The van der Waals surface area contributed by atoms with Crippen molar-refractivity contribution < 1.29 is 4.79 Å². The summed E-state index contributed by atoms with van der Waals surface area (Å²) in [6.07, 6.45) is 0. The fraction of sp³-hybridized carbons (Fsp3) is 0.588. The second-order valence-electron chi connectivity index (χ2n) is 6.32. The largest absolute Gasteiger partial charge is 0.351 e. The highest BCUT2D eigenvalue weighted by Crippen LogP contribution is 2.09. The summed E-state index contributed by atoms with van der Waals surface area (Å²) in [4.78, 5) is 14.1. The Balaban J connectivity index is 0. The van der Waals surface area contributed by atoms with Crippen LogP contribution in [-0.2, 0) is 17.9 Å². The molecule has 0 spiro atoms. The first-order chi connectivity index (χ1) is 9.81. The number of halogens is 2. The average molecular weight is 364 g/mol. The normalized spacial score (nSPS) is 11.9. The number of nitrogens with two attached hydrogens (primary N) is 1. The van der Waals surface area contributed by atoms with Crippen molar-refractivity contribution in [3.63, 3.8) is 0 Å². The molecule has 0 radical (unpaired) electrons. The van der Waals surface area contributed by atoms with E-state index in [1.54, 1.807) is 0 Å². The van der Waals surface area contributed by atoms with Gasteiger partial charge >= 0.3 is 0 Å². The lowest BCUT2D eigenvalue weighted by Crippen LogP contribution is -2.43. The van der Waals surface area contributed by atoms with E-state index >= 15 is 0 Å². The number of carbonyl (C=O) groups is 1. The molecule has 23 heavy (non-hydrogen) atoms. The van der Waals surface area contributed by atoms with E-state index in [0.29, 0.717) is 12.6 Å². The first-order valence-electron chi connectivity index (χ1n) is 7.62. The second-order valence-corrected chi connectivity index (χ2v) is 6.32. The number of carbonyl (C=O) groups excluding carboxylic acids is 1. The molecule has 0 heterocycles. The Kier molecular flexibility index (Phi) is 12.4. The minimum atomic E-state index is -0.444. The monoisotopic (exact) mass is 363 g/mol. The van der Waals surface area contributed by atoms with Crippen molar-refractivity contribution in [2.45, 2.75) is 52.9 Å². The van der Waals surface area contributed by atoms with Crippen LogP contribution < -0.4 is 11.1 Å². The van der Waals surface area contributed by atoms with Gasteiger partial charge in [-0.1, -0.05) is 38.1 Å². The van der Waals surface area contributed by atoms with Gasteiger partial charge in [-0.25, -0.2) is 0 Å². The SMILES string of the molecule is CC(C)[C@H](N)C(=O)NCc1cccc(CN(C)C(C)C)c1.Cl.Cl. The van der Waals surface area contributed by atoms with Crippen LogP contribution in [0.15, 0.2) is 24.3 Å². The molecule has 0 bridgehead atoms. The van der Waals surface area contributed by atoms with Gasteiger partial charge in [0.15, 0.2) is 0 Å². The first-order valence-corrected chi connectivity index (χ1v) is 7.62. The zero-order valence-electron chi connectivity index (χ0n) is 14.7. The summed E-state index contributed by atoms with van der Waals surface area (Å²) in [6, 6.07) is 8.38. The highest BCUT2D eigenvalue weighted by molar-refractivity contribution is 5.85. The van der Waals surface area contributed by atoms with E-state index in [2.05, 4.69) is 43.2 Å². The van der Waals surface area contributed by atoms with Crippen LogP contribution in [0, 0.1) is 5.92 Å². The van der Waals surface area contributed by atoms with Crippen LogP contribution in [0.4, 0.5) is 0 Å². The summed E-state index contributed by atoms with van der Waals surface area (Å²) in [6.45, 7) is 9.69. The molecule has 1 amide bonds. The molecule has 4 nitrogen and oxygen atoms in total. The maximum absolute atomic E-state index is 11.9. The summed E-state index contributed by atoms with van der Waals surface area (Å²) >= 11 is 0. The van der Waals surface area contributed by atoms with E-state index in [1.165, 1.54) is 5.56 Å². The molecular weight excluding hydrogens is 333 g/mol. The van der Waals surface area contributed by atoms with E-state index in [4.69, 9.17) is 5.73 Å². The lowest BCUT2D eigenvalue weighted by Gasteiger charge is -2.21. The van der Waals surface area contributed by atoms with Crippen molar-refractivity contribution in [1.82, 2.24) is 10.2 Å². The van der Waals surface area contributed by atoms with Crippen LogP contribution in [0.1, 0.15) is 38.8 Å².